The molecule has 1 fully saturated rings. The molecule has 0 aliphatic carbocycles. The SMILES string of the molecule is C=C[C@]1(OCc2ccc(Cl)cc2Cl)C(=O)OC(COCc2ccc(Cl)cc2Cl)C1OCc1ccc(Cl)cc1Cl. The third-order valence-corrected chi connectivity index (χ3v) is 7.87. The van der Waals surface area contributed by atoms with Crippen LogP contribution in [-0.4, -0.2) is 30.4 Å². The highest BCUT2D eigenvalue weighted by molar-refractivity contribution is 6.36. The Morgan fingerprint density at radius 1 is 0.769 bits per heavy atom. The number of cyclic esters (lactones) is 1. The van der Waals surface area contributed by atoms with Gasteiger partial charge in [0, 0.05) is 30.1 Å². The molecule has 3 aromatic carbocycles. The van der Waals surface area contributed by atoms with Gasteiger partial charge >= 0.3 is 5.97 Å². The number of rotatable bonds is 11. The van der Waals surface area contributed by atoms with Gasteiger partial charge in [0.1, 0.15) is 6.10 Å². The van der Waals surface area contributed by atoms with Crippen molar-refractivity contribution in [2.24, 2.45) is 0 Å². The summed E-state index contributed by atoms with van der Waals surface area (Å²) in [5.74, 6) is -0.673. The maximum atomic E-state index is 13.3. The molecule has 1 aliphatic rings. The van der Waals surface area contributed by atoms with Crippen LogP contribution in [0.25, 0.3) is 0 Å². The van der Waals surface area contributed by atoms with Crippen LogP contribution < -0.4 is 0 Å². The molecule has 0 amide bonds. The van der Waals surface area contributed by atoms with Crippen LogP contribution in [0.15, 0.2) is 67.3 Å². The van der Waals surface area contributed by atoms with E-state index in [9.17, 15) is 4.79 Å². The number of hydrogen-bond donors (Lipinski definition) is 0. The molecular weight excluding hydrogens is 629 g/mol. The molecule has 11 heteroatoms. The highest BCUT2D eigenvalue weighted by Gasteiger charge is 2.58. The summed E-state index contributed by atoms with van der Waals surface area (Å²) in [5, 5.41) is 2.73. The van der Waals surface area contributed by atoms with E-state index in [0.717, 1.165) is 5.56 Å². The van der Waals surface area contributed by atoms with Crippen molar-refractivity contribution >= 4 is 75.6 Å². The van der Waals surface area contributed by atoms with Gasteiger partial charge < -0.3 is 18.9 Å². The lowest BCUT2D eigenvalue weighted by atomic mass is 9.95. The number of carbonyl (C=O) groups is 1. The van der Waals surface area contributed by atoms with E-state index in [4.69, 9.17) is 88.6 Å². The summed E-state index contributed by atoms with van der Waals surface area (Å²) >= 11 is 37.0. The van der Waals surface area contributed by atoms with E-state index in [1.807, 2.05) is 0 Å². The lowest BCUT2D eigenvalue weighted by Gasteiger charge is -2.30. The first-order valence-electron chi connectivity index (χ1n) is 11.6. The largest absolute Gasteiger partial charge is 0.455 e. The van der Waals surface area contributed by atoms with Gasteiger partial charge in [-0.1, -0.05) is 94.4 Å². The molecule has 3 aromatic rings. The first-order valence-corrected chi connectivity index (χ1v) is 13.9. The van der Waals surface area contributed by atoms with Crippen molar-refractivity contribution in [1.29, 1.82) is 0 Å². The van der Waals surface area contributed by atoms with Gasteiger partial charge in [-0.2, -0.15) is 0 Å². The third-order valence-electron chi connectivity index (χ3n) is 6.11. The minimum absolute atomic E-state index is 0.00956. The smallest absolute Gasteiger partial charge is 0.345 e. The average molecular weight is 651 g/mol. The fraction of sp³-hybridized carbons (Fsp3) is 0.250. The predicted octanol–water partition coefficient (Wildman–Crippen LogP) is 8.78. The first kappa shape index (κ1) is 30.4. The summed E-state index contributed by atoms with van der Waals surface area (Å²) < 4.78 is 23.9. The van der Waals surface area contributed by atoms with E-state index in [-0.39, 0.29) is 26.4 Å². The lowest BCUT2D eigenvalue weighted by Crippen LogP contribution is -2.49. The zero-order chi connectivity index (χ0) is 28.2. The Labute approximate surface area is 256 Å². The van der Waals surface area contributed by atoms with Crippen molar-refractivity contribution in [2.45, 2.75) is 37.6 Å². The topological polar surface area (TPSA) is 54.0 Å². The highest BCUT2D eigenvalue weighted by Crippen LogP contribution is 2.37. The van der Waals surface area contributed by atoms with Crippen LogP contribution in [0.3, 0.4) is 0 Å². The maximum Gasteiger partial charge on any atom is 0.345 e. The van der Waals surface area contributed by atoms with Crippen LogP contribution in [0.2, 0.25) is 30.1 Å². The van der Waals surface area contributed by atoms with Crippen LogP contribution in [0, 0.1) is 0 Å². The van der Waals surface area contributed by atoms with Crippen molar-refractivity contribution in [2.75, 3.05) is 6.61 Å². The highest BCUT2D eigenvalue weighted by atomic mass is 35.5. The second-order valence-corrected chi connectivity index (χ2v) is 11.2. The number of carbonyl (C=O) groups excluding carboxylic acids is 1. The Hall–Kier alpha value is -1.51. The van der Waals surface area contributed by atoms with E-state index < -0.39 is 23.8 Å². The normalized spacial score (nSPS) is 20.7. The molecule has 0 N–H and O–H groups in total. The van der Waals surface area contributed by atoms with E-state index in [1.54, 1.807) is 54.6 Å². The molecule has 1 saturated heterocycles. The molecule has 5 nitrogen and oxygen atoms in total. The van der Waals surface area contributed by atoms with Crippen LogP contribution in [-0.2, 0) is 43.6 Å². The minimum Gasteiger partial charge on any atom is -0.455 e. The second-order valence-electron chi connectivity index (χ2n) is 8.68. The van der Waals surface area contributed by atoms with E-state index in [0.29, 0.717) is 41.3 Å². The maximum absolute atomic E-state index is 13.3. The molecule has 3 atom stereocenters. The number of ether oxygens (including phenoxy) is 4. The van der Waals surface area contributed by atoms with Gasteiger partial charge in [0.2, 0.25) is 5.60 Å². The molecule has 0 bridgehead atoms. The fourth-order valence-electron chi connectivity index (χ4n) is 4.01. The fourth-order valence-corrected chi connectivity index (χ4v) is 5.40. The lowest BCUT2D eigenvalue weighted by molar-refractivity contribution is -0.161. The number of benzene rings is 3. The molecule has 1 heterocycles. The summed E-state index contributed by atoms with van der Waals surface area (Å²) in [6.07, 6.45) is -0.419. The van der Waals surface area contributed by atoms with E-state index in [2.05, 4.69) is 6.58 Å². The summed E-state index contributed by atoms with van der Waals surface area (Å²) in [4.78, 5) is 13.3. The van der Waals surface area contributed by atoms with E-state index >= 15 is 0 Å². The number of hydrogen-bond acceptors (Lipinski definition) is 5. The average Bonchev–Trinajstić information content (AvgIpc) is 3.14. The Bertz CT molecular complexity index is 1370. The van der Waals surface area contributed by atoms with Crippen LogP contribution in [0.4, 0.5) is 0 Å². The number of esters is 1. The molecule has 1 aliphatic heterocycles. The summed E-state index contributed by atoms with van der Waals surface area (Å²) in [6, 6.07) is 15.1. The van der Waals surface area contributed by atoms with Gasteiger partial charge in [0.05, 0.1) is 26.4 Å². The van der Waals surface area contributed by atoms with Gasteiger partial charge in [-0.25, -0.2) is 4.79 Å². The molecule has 39 heavy (non-hydrogen) atoms. The van der Waals surface area contributed by atoms with Gasteiger partial charge in [-0.3, -0.25) is 0 Å². The monoisotopic (exact) mass is 648 g/mol. The Kier molecular flexibility index (Phi) is 10.5. The standard InChI is InChI=1S/C28H22Cl6O5/c1-2-28(38-14-18-5-8-21(31)11-24(18)34)26(37-13-17-4-7-20(30)10-23(17)33)25(39-27(28)35)15-36-12-16-3-6-19(29)9-22(16)32/h2-11,25-26H,1,12-15H2/t25?,26?,28-/m1/s1. The van der Waals surface area contributed by atoms with Crippen LogP contribution in [0.5, 0.6) is 0 Å². The van der Waals surface area contributed by atoms with Gasteiger partial charge in [-0.05, 0) is 59.2 Å². The van der Waals surface area contributed by atoms with Crippen LogP contribution >= 0.6 is 69.6 Å². The Morgan fingerprint density at radius 3 is 1.74 bits per heavy atom. The molecule has 2 unspecified atom stereocenters. The van der Waals surface area contributed by atoms with E-state index in [1.165, 1.54) is 6.08 Å². The van der Waals surface area contributed by atoms with Crippen molar-refractivity contribution in [1.82, 2.24) is 0 Å². The van der Waals surface area contributed by atoms with Crippen molar-refractivity contribution in [3.05, 3.63) is 114 Å². The summed E-state index contributed by atoms with van der Waals surface area (Å²) in [5.41, 5.74) is 0.339. The van der Waals surface area contributed by atoms with Crippen molar-refractivity contribution < 1.29 is 23.7 Å². The molecule has 0 aromatic heterocycles. The summed E-state index contributed by atoms with van der Waals surface area (Å²) in [7, 11) is 0. The Morgan fingerprint density at radius 2 is 1.26 bits per heavy atom. The zero-order valence-electron chi connectivity index (χ0n) is 20.3. The quantitative estimate of drug-likeness (QED) is 0.153. The molecule has 206 valence electrons. The Balaban J connectivity index is 1.55. The molecule has 0 radical (unpaired) electrons. The second kappa shape index (κ2) is 13.4. The van der Waals surface area contributed by atoms with Crippen LogP contribution in [0.1, 0.15) is 16.7 Å². The molecular formula is C28H22Cl6O5. The third kappa shape index (κ3) is 7.23. The molecule has 0 spiro atoms. The van der Waals surface area contributed by atoms with Crippen molar-refractivity contribution in [3.63, 3.8) is 0 Å². The van der Waals surface area contributed by atoms with Crippen molar-refractivity contribution in [3.8, 4) is 0 Å². The van der Waals surface area contributed by atoms with Gasteiger partial charge in [-0.15, -0.1) is 0 Å². The summed E-state index contributed by atoms with van der Waals surface area (Å²) in [6.45, 7) is 4.01. The minimum atomic E-state index is -1.66. The molecule has 0 saturated carbocycles. The number of halogens is 6. The molecule has 4 rings (SSSR count). The first-order chi connectivity index (χ1) is 18.6. The van der Waals surface area contributed by atoms with Gasteiger partial charge in [0.25, 0.3) is 0 Å². The van der Waals surface area contributed by atoms with Gasteiger partial charge in [0.15, 0.2) is 6.10 Å². The zero-order valence-corrected chi connectivity index (χ0v) is 24.8. The predicted molar refractivity (Wildman–Crippen MR) is 155 cm³/mol.